The van der Waals surface area contributed by atoms with Gasteiger partial charge < -0.3 is 15.0 Å². The van der Waals surface area contributed by atoms with Crippen molar-refractivity contribution in [2.75, 3.05) is 25.0 Å². The van der Waals surface area contributed by atoms with Gasteiger partial charge in [0.2, 0.25) is 0 Å². The van der Waals surface area contributed by atoms with E-state index in [4.69, 9.17) is 4.74 Å². The Balaban J connectivity index is 1.73. The zero-order valence-electron chi connectivity index (χ0n) is 11.8. The lowest BCUT2D eigenvalue weighted by molar-refractivity contribution is 0.482. The predicted molar refractivity (Wildman–Crippen MR) is 82.6 cm³/mol. The summed E-state index contributed by atoms with van der Waals surface area (Å²) in [7, 11) is 2.03. The van der Waals surface area contributed by atoms with Crippen molar-refractivity contribution in [3.05, 3.63) is 54.6 Å². The number of nitrogens with zero attached hydrogens (tertiary/aromatic N) is 1. The van der Waals surface area contributed by atoms with Crippen LogP contribution in [-0.2, 0) is 0 Å². The van der Waals surface area contributed by atoms with E-state index in [1.807, 2.05) is 43.4 Å². The van der Waals surface area contributed by atoms with Crippen molar-refractivity contribution in [1.29, 1.82) is 0 Å². The number of ether oxygens (including phenoxy) is 1. The Morgan fingerprint density at radius 1 is 1.05 bits per heavy atom. The quantitative estimate of drug-likeness (QED) is 0.921. The molecular weight excluding hydrogens is 248 g/mol. The van der Waals surface area contributed by atoms with Gasteiger partial charge in [0.1, 0.15) is 11.5 Å². The van der Waals surface area contributed by atoms with Crippen LogP contribution in [0.2, 0.25) is 0 Å². The molecule has 1 fully saturated rings. The summed E-state index contributed by atoms with van der Waals surface area (Å²) >= 11 is 0. The molecule has 20 heavy (non-hydrogen) atoms. The third kappa shape index (κ3) is 2.94. The van der Waals surface area contributed by atoms with Crippen LogP contribution in [0, 0.1) is 0 Å². The molecule has 0 aromatic heterocycles. The van der Waals surface area contributed by atoms with Crippen LogP contribution in [0.5, 0.6) is 11.5 Å². The molecule has 1 N–H and O–H groups in total. The number of para-hydroxylation sites is 1. The van der Waals surface area contributed by atoms with Crippen LogP contribution >= 0.6 is 0 Å². The summed E-state index contributed by atoms with van der Waals surface area (Å²) in [5.41, 5.74) is 1.23. The Bertz CT molecular complexity index is 556. The lowest BCUT2D eigenvalue weighted by atomic mass is 10.2. The Morgan fingerprint density at radius 3 is 2.60 bits per heavy atom. The third-order valence-electron chi connectivity index (χ3n) is 3.76. The van der Waals surface area contributed by atoms with E-state index in [0.29, 0.717) is 6.04 Å². The number of benzene rings is 2. The third-order valence-corrected chi connectivity index (χ3v) is 3.76. The van der Waals surface area contributed by atoms with Gasteiger partial charge in [-0.1, -0.05) is 24.3 Å². The van der Waals surface area contributed by atoms with Crippen molar-refractivity contribution in [2.24, 2.45) is 0 Å². The maximum absolute atomic E-state index is 5.89. The smallest absolute Gasteiger partial charge is 0.129 e. The summed E-state index contributed by atoms with van der Waals surface area (Å²) in [6.45, 7) is 2.16. The minimum Gasteiger partial charge on any atom is -0.457 e. The minimum atomic E-state index is 0.591. The lowest BCUT2D eigenvalue weighted by Gasteiger charge is -2.19. The van der Waals surface area contributed by atoms with Gasteiger partial charge in [0.15, 0.2) is 0 Å². The summed E-state index contributed by atoms with van der Waals surface area (Å²) in [6, 6.07) is 18.8. The van der Waals surface area contributed by atoms with Gasteiger partial charge in [0.05, 0.1) is 0 Å². The Labute approximate surface area is 120 Å². The van der Waals surface area contributed by atoms with Gasteiger partial charge in [-0.05, 0) is 37.7 Å². The summed E-state index contributed by atoms with van der Waals surface area (Å²) < 4.78 is 5.89. The second kappa shape index (κ2) is 5.97. The average Bonchev–Trinajstić information content (AvgIpc) is 2.98. The summed E-state index contributed by atoms with van der Waals surface area (Å²) in [5.74, 6) is 1.76. The van der Waals surface area contributed by atoms with Crippen molar-refractivity contribution >= 4 is 5.69 Å². The van der Waals surface area contributed by atoms with Crippen LogP contribution in [0.4, 0.5) is 5.69 Å². The normalized spacial score (nSPS) is 18.2. The first-order chi connectivity index (χ1) is 9.85. The van der Waals surface area contributed by atoms with Gasteiger partial charge in [0.25, 0.3) is 0 Å². The molecule has 3 nitrogen and oxygen atoms in total. The molecule has 1 unspecified atom stereocenters. The van der Waals surface area contributed by atoms with Gasteiger partial charge >= 0.3 is 0 Å². The first kappa shape index (κ1) is 13.0. The summed E-state index contributed by atoms with van der Waals surface area (Å²) in [4.78, 5) is 2.40. The highest BCUT2D eigenvalue weighted by atomic mass is 16.5. The zero-order valence-corrected chi connectivity index (χ0v) is 11.8. The fourth-order valence-corrected chi connectivity index (χ4v) is 2.60. The molecule has 0 spiro atoms. The number of hydrogen-bond acceptors (Lipinski definition) is 3. The van der Waals surface area contributed by atoms with E-state index in [0.717, 1.165) is 24.6 Å². The van der Waals surface area contributed by atoms with E-state index in [1.54, 1.807) is 0 Å². The molecule has 2 aromatic rings. The fourth-order valence-electron chi connectivity index (χ4n) is 2.60. The van der Waals surface area contributed by atoms with Crippen LogP contribution in [0.25, 0.3) is 0 Å². The Kier molecular flexibility index (Phi) is 3.88. The average molecular weight is 268 g/mol. The molecule has 3 heteroatoms. The van der Waals surface area contributed by atoms with E-state index in [1.165, 1.54) is 12.1 Å². The molecule has 1 heterocycles. The highest BCUT2D eigenvalue weighted by Gasteiger charge is 2.21. The van der Waals surface area contributed by atoms with Crippen molar-refractivity contribution in [3.8, 4) is 11.5 Å². The molecule has 1 saturated heterocycles. The zero-order chi connectivity index (χ0) is 13.8. The molecule has 1 aliphatic rings. The van der Waals surface area contributed by atoms with Crippen molar-refractivity contribution in [3.63, 3.8) is 0 Å². The van der Waals surface area contributed by atoms with E-state index in [9.17, 15) is 0 Å². The first-order valence-electron chi connectivity index (χ1n) is 7.10. The maximum atomic E-state index is 5.89. The highest BCUT2D eigenvalue weighted by Crippen LogP contribution is 2.27. The molecule has 1 aliphatic heterocycles. The van der Waals surface area contributed by atoms with E-state index in [-0.39, 0.29) is 0 Å². The predicted octanol–water partition coefficient (Wildman–Crippen LogP) is 3.28. The van der Waals surface area contributed by atoms with Gasteiger partial charge in [-0.25, -0.2) is 0 Å². The number of nitrogens with one attached hydrogen (secondary N) is 1. The SMILES string of the molecule is CNC1CCN(c2cccc(Oc3ccccc3)c2)C1. The molecule has 0 radical (unpaired) electrons. The van der Waals surface area contributed by atoms with Gasteiger partial charge in [-0.2, -0.15) is 0 Å². The van der Waals surface area contributed by atoms with Crippen molar-refractivity contribution in [1.82, 2.24) is 5.32 Å². The topological polar surface area (TPSA) is 24.5 Å². The van der Waals surface area contributed by atoms with Gasteiger partial charge in [-0.3, -0.25) is 0 Å². The van der Waals surface area contributed by atoms with Crippen molar-refractivity contribution in [2.45, 2.75) is 12.5 Å². The lowest BCUT2D eigenvalue weighted by Crippen LogP contribution is -2.29. The Morgan fingerprint density at radius 2 is 1.85 bits per heavy atom. The number of anilines is 1. The maximum Gasteiger partial charge on any atom is 0.129 e. The highest BCUT2D eigenvalue weighted by molar-refractivity contribution is 5.52. The Hall–Kier alpha value is -2.00. The fraction of sp³-hybridized carbons (Fsp3) is 0.294. The van der Waals surface area contributed by atoms with E-state index >= 15 is 0 Å². The molecular formula is C17H20N2O. The molecule has 104 valence electrons. The minimum absolute atomic E-state index is 0.591. The molecule has 0 aliphatic carbocycles. The molecule has 1 atom stereocenters. The summed E-state index contributed by atoms with van der Waals surface area (Å²) in [5, 5.41) is 3.35. The van der Waals surface area contributed by atoms with Crippen LogP contribution in [0.15, 0.2) is 54.6 Å². The monoisotopic (exact) mass is 268 g/mol. The van der Waals surface area contributed by atoms with E-state index in [2.05, 4.69) is 28.4 Å². The van der Waals surface area contributed by atoms with Crippen LogP contribution in [-0.4, -0.2) is 26.2 Å². The molecule has 2 aromatic carbocycles. The van der Waals surface area contributed by atoms with E-state index < -0.39 is 0 Å². The van der Waals surface area contributed by atoms with Crippen LogP contribution in [0.1, 0.15) is 6.42 Å². The second-order valence-electron chi connectivity index (χ2n) is 5.13. The van der Waals surface area contributed by atoms with Crippen molar-refractivity contribution < 1.29 is 4.74 Å². The molecule has 0 amide bonds. The number of rotatable bonds is 4. The largest absolute Gasteiger partial charge is 0.457 e. The second-order valence-corrected chi connectivity index (χ2v) is 5.13. The standard InChI is InChI=1S/C17H20N2O/c1-18-14-10-11-19(13-14)15-6-5-9-17(12-15)20-16-7-3-2-4-8-16/h2-9,12,14,18H,10-11,13H2,1H3. The van der Waals surface area contributed by atoms with Crippen LogP contribution < -0.4 is 15.0 Å². The molecule has 3 rings (SSSR count). The number of hydrogen-bond donors (Lipinski definition) is 1. The molecule has 0 saturated carbocycles. The summed E-state index contributed by atoms with van der Waals surface area (Å²) in [6.07, 6.45) is 1.19. The van der Waals surface area contributed by atoms with Crippen LogP contribution in [0.3, 0.4) is 0 Å². The number of likely N-dealkylation sites (N-methyl/N-ethyl adjacent to an activating group) is 1. The molecule has 0 bridgehead atoms. The first-order valence-corrected chi connectivity index (χ1v) is 7.10. The van der Waals surface area contributed by atoms with Gasteiger partial charge in [-0.15, -0.1) is 0 Å². The van der Waals surface area contributed by atoms with Gasteiger partial charge in [0, 0.05) is 30.9 Å².